The average molecular weight is 373 g/mol. The molecule has 0 radical (unpaired) electrons. The van der Waals surface area contributed by atoms with Crippen LogP contribution in [-0.4, -0.2) is 28.2 Å². The minimum atomic E-state index is -0.513. The van der Waals surface area contributed by atoms with Crippen LogP contribution in [0.5, 0.6) is 5.75 Å². The predicted octanol–water partition coefficient (Wildman–Crippen LogP) is 3.99. The highest BCUT2D eigenvalue weighted by molar-refractivity contribution is 6.30. The molecule has 1 aromatic heterocycles. The van der Waals surface area contributed by atoms with Gasteiger partial charge in [-0.05, 0) is 55.0 Å². The summed E-state index contributed by atoms with van der Waals surface area (Å²) in [5.74, 6) is 0.666. The van der Waals surface area contributed by atoms with E-state index in [1.54, 1.807) is 35.1 Å². The molecule has 1 amide bonds. The van der Waals surface area contributed by atoms with Crippen LogP contribution in [0, 0.1) is 6.92 Å². The molecule has 0 atom stereocenters. The van der Waals surface area contributed by atoms with E-state index in [1.165, 1.54) is 7.11 Å². The van der Waals surface area contributed by atoms with Crippen LogP contribution in [0.1, 0.15) is 11.3 Å². The second-order valence-electron chi connectivity index (χ2n) is 5.51. The van der Waals surface area contributed by atoms with Gasteiger partial charge in [-0.3, -0.25) is 5.32 Å². The zero-order chi connectivity index (χ0) is 18.5. The number of ether oxygens (including phenoxy) is 2. The lowest BCUT2D eigenvalue weighted by atomic mass is 10.2. The Morgan fingerprint density at radius 2 is 2.00 bits per heavy atom. The average Bonchev–Trinajstić information content (AvgIpc) is 3.11. The van der Waals surface area contributed by atoms with Gasteiger partial charge in [0.25, 0.3) is 0 Å². The first-order valence-corrected chi connectivity index (χ1v) is 8.18. The molecule has 26 heavy (non-hydrogen) atoms. The Kier molecular flexibility index (Phi) is 5.38. The molecule has 1 heterocycles. The van der Waals surface area contributed by atoms with Crippen LogP contribution in [0.15, 0.2) is 48.7 Å². The van der Waals surface area contributed by atoms with Gasteiger partial charge in [-0.15, -0.1) is 5.10 Å². The van der Waals surface area contributed by atoms with Crippen LogP contribution in [0.25, 0.3) is 5.69 Å². The summed E-state index contributed by atoms with van der Waals surface area (Å²) in [7, 11) is 1.32. The minimum absolute atomic E-state index is 0.275. The summed E-state index contributed by atoms with van der Waals surface area (Å²) in [6.07, 6.45) is 1.28. The molecule has 0 unspecified atom stereocenters. The third-order valence-corrected chi connectivity index (χ3v) is 3.89. The normalized spacial score (nSPS) is 10.4. The van der Waals surface area contributed by atoms with Crippen molar-refractivity contribution in [2.45, 2.75) is 13.5 Å². The van der Waals surface area contributed by atoms with E-state index in [-0.39, 0.29) is 6.61 Å². The van der Waals surface area contributed by atoms with Crippen molar-refractivity contribution in [1.29, 1.82) is 0 Å². The maximum Gasteiger partial charge on any atom is 0.411 e. The fraction of sp³-hybridized carbons (Fsp3) is 0.167. The van der Waals surface area contributed by atoms with E-state index in [9.17, 15) is 4.79 Å². The third kappa shape index (κ3) is 4.31. The smallest absolute Gasteiger partial charge is 0.411 e. The maximum absolute atomic E-state index is 11.3. The number of amides is 1. The quantitative estimate of drug-likeness (QED) is 0.732. The molecule has 0 saturated carbocycles. The van der Waals surface area contributed by atoms with Crippen molar-refractivity contribution in [1.82, 2.24) is 15.0 Å². The molecule has 0 aliphatic heterocycles. The van der Waals surface area contributed by atoms with Crippen LogP contribution < -0.4 is 10.1 Å². The molecule has 7 nitrogen and oxygen atoms in total. The molecule has 2 aromatic carbocycles. The van der Waals surface area contributed by atoms with Gasteiger partial charge in [0.1, 0.15) is 18.1 Å². The molecular weight excluding hydrogens is 356 g/mol. The van der Waals surface area contributed by atoms with Crippen molar-refractivity contribution >= 4 is 23.4 Å². The van der Waals surface area contributed by atoms with Gasteiger partial charge in [0.05, 0.1) is 19.0 Å². The van der Waals surface area contributed by atoms with E-state index in [0.29, 0.717) is 22.2 Å². The second-order valence-corrected chi connectivity index (χ2v) is 5.95. The van der Waals surface area contributed by atoms with Gasteiger partial charge in [0, 0.05) is 10.7 Å². The Bertz CT molecular complexity index is 909. The van der Waals surface area contributed by atoms with Crippen LogP contribution in [-0.2, 0) is 11.3 Å². The number of nitrogens with zero attached hydrogens (tertiary/aromatic N) is 3. The van der Waals surface area contributed by atoms with Gasteiger partial charge in [-0.2, -0.15) is 0 Å². The number of carbonyl (C=O) groups excluding carboxylic acids is 1. The highest BCUT2D eigenvalue weighted by Crippen LogP contribution is 2.22. The molecule has 0 aliphatic rings. The molecule has 3 aromatic rings. The van der Waals surface area contributed by atoms with Gasteiger partial charge in [-0.1, -0.05) is 16.8 Å². The number of aryl methyl sites for hydroxylation is 1. The number of carbonyl (C=O) groups is 1. The molecule has 0 bridgehead atoms. The Balaban J connectivity index is 1.63. The summed E-state index contributed by atoms with van der Waals surface area (Å²) < 4.78 is 12.0. The Morgan fingerprint density at radius 1 is 1.23 bits per heavy atom. The maximum atomic E-state index is 11.3. The third-order valence-electron chi connectivity index (χ3n) is 3.64. The number of aromatic nitrogens is 3. The van der Waals surface area contributed by atoms with E-state index in [1.807, 2.05) is 25.1 Å². The number of hydrogen-bond acceptors (Lipinski definition) is 5. The predicted molar refractivity (Wildman–Crippen MR) is 97.9 cm³/mol. The number of rotatable bonds is 5. The van der Waals surface area contributed by atoms with E-state index in [4.69, 9.17) is 16.3 Å². The molecule has 0 saturated heterocycles. The lowest BCUT2D eigenvalue weighted by Gasteiger charge is -2.10. The van der Waals surface area contributed by atoms with Crippen molar-refractivity contribution < 1.29 is 14.3 Å². The summed E-state index contributed by atoms with van der Waals surface area (Å²) in [5.41, 5.74) is 3.08. The first-order valence-electron chi connectivity index (χ1n) is 7.81. The van der Waals surface area contributed by atoms with Crippen LogP contribution in [0.4, 0.5) is 10.5 Å². The van der Waals surface area contributed by atoms with Crippen molar-refractivity contribution in [2.75, 3.05) is 12.4 Å². The molecule has 1 N–H and O–H groups in total. The molecule has 3 rings (SSSR count). The van der Waals surface area contributed by atoms with E-state index < -0.39 is 6.09 Å². The Labute approximate surface area is 155 Å². The zero-order valence-electron chi connectivity index (χ0n) is 14.3. The standard InChI is InChI=1S/C18H17ClN4O3/c1-12-9-16(7-8-17(12)20-18(24)25-2)26-11-14-10-23(22-21-14)15-5-3-13(19)4-6-15/h3-10H,11H2,1-2H3,(H,20,24). The van der Waals surface area contributed by atoms with Gasteiger partial charge in [0.2, 0.25) is 0 Å². The zero-order valence-corrected chi connectivity index (χ0v) is 15.0. The molecule has 0 spiro atoms. The number of anilines is 1. The van der Waals surface area contributed by atoms with Crippen molar-refractivity contribution in [3.05, 3.63) is 64.9 Å². The summed E-state index contributed by atoms with van der Waals surface area (Å²) >= 11 is 5.89. The van der Waals surface area contributed by atoms with Crippen molar-refractivity contribution in [2.24, 2.45) is 0 Å². The van der Waals surface area contributed by atoms with Gasteiger partial charge in [0.15, 0.2) is 0 Å². The molecule has 8 heteroatoms. The number of halogens is 1. The van der Waals surface area contributed by atoms with Gasteiger partial charge < -0.3 is 9.47 Å². The topological polar surface area (TPSA) is 78.3 Å². The van der Waals surface area contributed by atoms with Crippen LogP contribution in [0.3, 0.4) is 0 Å². The van der Waals surface area contributed by atoms with Crippen molar-refractivity contribution in [3.63, 3.8) is 0 Å². The summed E-state index contributed by atoms with van der Waals surface area (Å²) in [5, 5.41) is 11.5. The Hall–Kier alpha value is -3.06. The first-order chi connectivity index (χ1) is 12.5. The lowest BCUT2D eigenvalue weighted by Crippen LogP contribution is -2.11. The van der Waals surface area contributed by atoms with Crippen LogP contribution in [0.2, 0.25) is 5.02 Å². The minimum Gasteiger partial charge on any atom is -0.487 e. The first kappa shape index (κ1) is 17.8. The van der Waals surface area contributed by atoms with E-state index in [0.717, 1.165) is 11.3 Å². The van der Waals surface area contributed by atoms with Gasteiger partial charge in [-0.25, -0.2) is 9.48 Å². The SMILES string of the molecule is COC(=O)Nc1ccc(OCc2cn(-c3ccc(Cl)cc3)nn2)cc1C. The summed E-state index contributed by atoms with van der Waals surface area (Å²) in [4.78, 5) is 11.3. The number of methoxy groups -OCH3 is 1. The number of nitrogens with one attached hydrogen (secondary N) is 1. The summed E-state index contributed by atoms with van der Waals surface area (Å²) in [6.45, 7) is 2.14. The second kappa shape index (κ2) is 7.88. The summed E-state index contributed by atoms with van der Waals surface area (Å²) in [6, 6.07) is 12.7. The monoisotopic (exact) mass is 372 g/mol. The van der Waals surface area contributed by atoms with Crippen LogP contribution >= 0.6 is 11.6 Å². The fourth-order valence-electron chi connectivity index (χ4n) is 2.27. The molecule has 0 aliphatic carbocycles. The van der Waals surface area contributed by atoms with E-state index >= 15 is 0 Å². The number of hydrogen-bond donors (Lipinski definition) is 1. The largest absolute Gasteiger partial charge is 0.487 e. The number of benzene rings is 2. The highest BCUT2D eigenvalue weighted by Gasteiger charge is 2.07. The molecular formula is C18H17ClN4O3. The molecule has 134 valence electrons. The Morgan fingerprint density at radius 3 is 2.69 bits per heavy atom. The highest BCUT2D eigenvalue weighted by atomic mass is 35.5. The van der Waals surface area contributed by atoms with E-state index in [2.05, 4.69) is 20.4 Å². The fourth-order valence-corrected chi connectivity index (χ4v) is 2.39. The van der Waals surface area contributed by atoms with Crippen molar-refractivity contribution in [3.8, 4) is 11.4 Å². The lowest BCUT2D eigenvalue weighted by molar-refractivity contribution is 0.187. The molecule has 0 fully saturated rings. The van der Waals surface area contributed by atoms with Gasteiger partial charge >= 0.3 is 6.09 Å².